The fourth-order valence-corrected chi connectivity index (χ4v) is 3.21. The maximum Gasteiger partial charge on any atom is 0.128 e. The zero-order valence-electron chi connectivity index (χ0n) is 16.3. The van der Waals surface area contributed by atoms with Gasteiger partial charge in [0, 0.05) is 19.1 Å². The lowest BCUT2D eigenvalue weighted by Gasteiger charge is -2.32. The summed E-state index contributed by atoms with van der Waals surface area (Å²) in [6, 6.07) is 16.2. The van der Waals surface area contributed by atoms with E-state index < -0.39 is 0 Å². The van der Waals surface area contributed by atoms with Crippen LogP contribution < -0.4 is 4.74 Å². The normalized spacial score (nSPS) is 14.5. The minimum Gasteiger partial charge on any atom is -0.487 e. The number of unbranched alkanes of at least 4 members (excludes halogenated alkanes) is 1. The zero-order valence-corrected chi connectivity index (χ0v) is 16.3. The van der Waals surface area contributed by atoms with Crippen LogP contribution in [0.15, 0.2) is 54.6 Å². The molecule has 0 saturated carbocycles. The fraction of sp³-hybridized carbons (Fsp3) is 0.478. The summed E-state index contributed by atoms with van der Waals surface area (Å²) < 4.78 is 25.6. The van der Waals surface area contributed by atoms with Gasteiger partial charge in [-0.25, -0.2) is 4.39 Å². The molecule has 4 heteroatoms. The summed E-state index contributed by atoms with van der Waals surface area (Å²) in [7, 11) is 0. The van der Waals surface area contributed by atoms with Gasteiger partial charge in [0.15, 0.2) is 0 Å². The standard InChI is InChI=1S/C23H31FO3/c1-3-4-16-26-18(2)23(27-22-8-6-5-7-9-22)20(14-15-25)17-19-10-12-21(24)13-11-19/h5-13,18,20,23,25H,3-4,14-17H2,1-2H3/t18-,20+,23-/m0/s1. The molecule has 0 aliphatic heterocycles. The molecule has 0 amide bonds. The van der Waals surface area contributed by atoms with Crippen LogP contribution >= 0.6 is 0 Å². The van der Waals surface area contributed by atoms with Gasteiger partial charge in [-0.1, -0.05) is 43.7 Å². The molecule has 1 N–H and O–H groups in total. The average Bonchev–Trinajstić information content (AvgIpc) is 2.68. The molecular weight excluding hydrogens is 343 g/mol. The molecule has 2 aromatic rings. The highest BCUT2D eigenvalue weighted by Crippen LogP contribution is 2.25. The molecule has 0 radical (unpaired) electrons. The molecule has 0 bridgehead atoms. The van der Waals surface area contributed by atoms with Gasteiger partial charge in [0.25, 0.3) is 0 Å². The van der Waals surface area contributed by atoms with Crippen LogP contribution in [0.2, 0.25) is 0 Å². The van der Waals surface area contributed by atoms with Gasteiger partial charge < -0.3 is 14.6 Å². The van der Waals surface area contributed by atoms with Crippen LogP contribution in [0.25, 0.3) is 0 Å². The van der Waals surface area contributed by atoms with Crippen molar-refractivity contribution in [1.82, 2.24) is 0 Å². The number of hydrogen-bond acceptors (Lipinski definition) is 3. The zero-order chi connectivity index (χ0) is 19.5. The second-order valence-corrected chi connectivity index (χ2v) is 6.93. The number of rotatable bonds is 12. The summed E-state index contributed by atoms with van der Waals surface area (Å²) in [6.45, 7) is 4.92. The summed E-state index contributed by atoms with van der Waals surface area (Å²) in [6.07, 6.45) is 3.04. The minimum atomic E-state index is -0.245. The first kappa shape index (κ1) is 21.4. The summed E-state index contributed by atoms with van der Waals surface area (Å²) >= 11 is 0. The highest BCUT2D eigenvalue weighted by atomic mass is 19.1. The molecule has 0 aliphatic carbocycles. The predicted octanol–water partition coefficient (Wildman–Crippen LogP) is 5.02. The summed E-state index contributed by atoms with van der Waals surface area (Å²) in [4.78, 5) is 0. The first-order valence-corrected chi connectivity index (χ1v) is 9.82. The van der Waals surface area contributed by atoms with Gasteiger partial charge in [0.05, 0.1) is 6.10 Å². The van der Waals surface area contributed by atoms with E-state index in [1.807, 2.05) is 37.3 Å². The molecular formula is C23H31FO3. The van der Waals surface area contributed by atoms with Crippen molar-refractivity contribution >= 4 is 0 Å². The van der Waals surface area contributed by atoms with E-state index in [-0.39, 0.29) is 30.5 Å². The highest BCUT2D eigenvalue weighted by Gasteiger charge is 2.29. The van der Waals surface area contributed by atoms with Crippen LogP contribution in [0.3, 0.4) is 0 Å². The van der Waals surface area contributed by atoms with Crippen LogP contribution in [0.1, 0.15) is 38.7 Å². The third-order valence-corrected chi connectivity index (χ3v) is 4.73. The van der Waals surface area contributed by atoms with Crippen molar-refractivity contribution in [2.24, 2.45) is 5.92 Å². The Morgan fingerprint density at radius 1 is 1.04 bits per heavy atom. The largest absolute Gasteiger partial charge is 0.487 e. The molecule has 2 rings (SSSR count). The van der Waals surface area contributed by atoms with Crippen LogP contribution in [0.5, 0.6) is 5.75 Å². The van der Waals surface area contributed by atoms with E-state index in [9.17, 15) is 9.50 Å². The van der Waals surface area contributed by atoms with E-state index in [0.717, 1.165) is 24.2 Å². The van der Waals surface area contributed by atoms with E-state index in [4.69, 9.17) is 9.47 Å². The first-order chi connectivity index (χ1) is 13.1. The Morgan fingerprint density at radius 2 is 1.74 bits per heavy atom. The highest BCUT2D eigenvalue weighted by molar-refractivity contribution is 5.22. The number of aliphatic hydroxyl groups excluding tert-OH is 1. The molecule has 0 saturated heterocycles. The third kappa shape index (κ3) is 7.31. The van der Waals surface area contributed by atoms with Crippen molar-refractivity contribution in [3.8, 4) is 5.75 Å². The van der Waals surface area contributed by atoms with Gasteiger partial charge in [0.2, 0.25) is 0 Å². The lowest BCUT2D eigenvalue weighted by molar-refractivity contribution is -0.0441. The number of ether oxygens (including phenoxy) is 2. The van der Waals surface area contributed by atoms with E-state index in [1.54, 1.807) is 12.1 Å². The quantitative estimate of drug-likeness (QED) is 0.530. The van der Waals surface area contributed by atoms with Crippen molar-refractivity contribution < 1.29 is 19.0 Å². The topological polar surface area (TPSA) is 38.7 Å². The number of halogens is 1. The summed E-state index contributed by atoms with van der Waals surface area (Å²) in [5.74, 6) is 0.596. The molecule has 0 aliphatic rings. The minimum absolute atomic E-state index is 0.0530. The number of hydrogen-bond donors (Lipinski definition) is 1. The summed E-state index contributed by atoms with van der Waals surface area (Å²) in [5, 5.41) is 9.61. The molecule has 0 spiro atoms. The molecule has 148 valence electrons. The molecule has 2 aromatic carbocycles. The SMILES string of the molecule is CCCCO[C@@H](C)[C@H](Oc1ccccc1)[C@H](CCO)Cc1ccc(F)cc1. The fourth-order valence-electron chi connectivity index (χ4n) is 3.21. The average molecular weight is 374 g/mol. The molecule has 3 nitrogen and oxygen atoms in total. The number of benzene rings is 2. The van der Waals surface area contributed by atoms with Crippen molar-refractivity contribution in [1.29, 1.82) is 0 Å². The predicted molar refractivity (Wildman–Crippen MR) is 106 cm³/mol. The Kier molecular flexibility index (Phi) is 9.29. The van der Waals surface area contributed by atoms with Crippen LogP contribution in [-0.2, 0) is 11.2 Å². The monoisotopic (exact) mass is 374 g/mol. The van der Waals surface area contributed by atoms with Crippen LogP contribution in [0.4, 0.5) is 4.39 Å². The Labute approximate surface area is 162 Å². The number of aliphatic hydroxyl groups is 1. The van der Waals surface area contributed by atoms with Crippen molar-refractivity contribution in [2.75, 3.05) is 13.2 Å². The molecule has 0 heterocycles. The maximum absolute atomic E-state index is 13.2. The first-order valence-electron chi connectivity index (χ1n) is 9.82. The van der Waals surface area contributed by atoms with Gasteiger partial charge in [0.1, 0.15) is 17.7 Å². The Hall–Kier alpha value is -1.91. The van der Waals surface area contributed by atoms with Crippen molar-refractivity contribution in [3.05, 3.63) is 66.0 Å². The number of para-hydroxylation sites is 1. The Balaban J connectivity index is 2.17. The van der Waals surface area contributed by atoms with Crippen molar-refractivity contribution in [3.63, 3.8) is 0 Å². The van der Waals surface area contributed by atoms with Gasteiger partial charge >= 0.3 is 0 Å². The smallest absolute Gasteiger partial charge is 0.128 e. The molecule has 3 atom stereocenters. The van der Waals surface area contributed by atoms with E-state index >= 15 is 0 Å². The van der Waals surface area contributed by atoms with E-state index in [1.165, 1.54) is 12.1 Å². The lowest BCUT2D eigenvalue weighted by atomic mass is 9.88. The van der Waals surface area contributed by atoms with Gasteiger partial charge in [-0.15, -0.1) is 0 Å². The Morgan fingerprint density at radius 3 is 2.37 bits per heavy atom. The van der Waals surface area contributed by atoms with Gasteiger partial charge in [-0.05, 0) is 56.0 Å². The molecule has 0 aromatic heterocycles. The van der Waals surface area contributed by atoms with Crippen LogP contribution in [-0.4, -0.2) is 30.5 Å². The Bertz CT molecular complexity index is 630. The summed E-state index contributed by atoms with van der Waals surface area (Å²) in [5.41, 5.74) is 1.03. The second kappa shape index (κ2) is 11.7. The van der Waals surface area contributed by atoms with Gasteiger partial charge in [-0.2, -0.15) is 0 Å². The van der Waals surface area contributed by atoms with Crippen molar-refractivity contribution in [2.45, 2.75) is 51.7 Å². The van der Waals surface area contributed by atoms with E-state index in [2.05, 4.69) is 6.92 Å². The van der Waals surface area contributed by atoms with E-state index in [0.29, 0.717) is 19.4 Å². The maximum atomic E-state index is 13.2. The third-order valence-electron chi connectivity index (χ3n) is 4.73. The molecule has 27 heavy (non-hydrogen) atoms. The van der Waals surface area contributed by atoms with Crippen LogP contribution in [0, 0.1) is 11.7 Å². The second-order valence-electron chi connectivity index (χ2n) is 6.93. The molecule has 0 unspecified atom stereocenters. The van der Waals surface area contributed by atoms with Gasteiger partial charge in [-0.3, -0.25) is 0 Å². The molecule has 0 fully saturated rings. The lowest BCUT2D eigenvalue weighted by Crippen LogP contribution is -2.40.